The predicted octanol–water partition coefficient (Wildman–Crippen LogP) is 3.51. The highest BCUT2D eigenvalue weighted by Gasteiger charge is 2.31. The van der Waals surface area contributed by atoms with E-state index in [1.54, 1.807) is 0 Å². The van der Waals surface area contributed by atoms with E-state index in [2.05, 4.69) is 36.8 Å². The molecule has 0 aromatic carbocycles. The molecule has 0 radical (unpaired) electrons. The molecule has 0 bridgehead atoms. The van der Waals surface area contributed by atoms with Crippen molar-refractivity contribution in [1.82, 2.24) is 9.80 Å². The second-order valence-electron chi connectivity index (χ2n) is 7.96. The number of fused-ring (bicyclic) bond motifs is 1. The zero-order valence-electron chi connectivity index (χ0n) is 14.8. The molecule has 0 N–H and O–H groups in total. The normalized spacial score (nSPS) is 32.5. The monoisotopic (exact) mass is 306 g/mol. The van der Waals surface area contributed by atoms with Gasteiger partial charge < -0.3 is 14.5 Å². The Morgan fingerprint density at radius 1 is 1.00 bits per heavy atom. The Kier molecular flexibility index (Phi) is 5.46. The van der Waals surface area contributed by atoms with Gasteiger partial charge in [-0.2, -0.15) is 0 Å². The maximum atomic E-state index is 6.37. The summed E-state index contributed by atoms with van der Waals surface area (Å²) in [6, 6.07) is 0.697. The molecule has 0 amide bonds. The van der Waals surface area contributed by atoms with Crippen molar-refractivity contribution in [3.63, 3.8) is 0 Å². The molecular formula is C19H34N2O. The van der Waals surface area contributed by atoms with Crippen molar-refractivity contribution in [2.45, 2.75) is 64.5 Å². The summed E-state index contributed by atoms with van der Waals surface area (Å²) in [6.07, 6.45) is 10.5. The summed E-state index contributed by atoms with van der Waals surface area (Å²) in [5.74, 6) is 3.07. The van der Waals surface area contributed by atoms with Crippen LogP contribution >= 0.6 is 0 Å². The van der Waals surface area contributed by atoms with Gasteiger partial charge in [0.05, 0.1) is 5.76 Å². The molecule has 0 spiro atoms. The van der Waals surface area contributed by atoms with Crippen molar-refractivity contribution in [1.29, 1.82) is 0 Å². The van der Waals surface area contributed by atoms with Crippen LogP contribution in [0.4, 0.5) is 0 Å². The fourth-order valence-electron chi connectivity index (χ4n) is 4.38. The number of piperidine rings is 1. The standard InChI is InChI=1S/C19H34N2O/c1-15(2)21-12-6-16-4-5-19(14-17(16)7-13-21)22-18-8-10-20(3)11-9-18/h5,15-18H,4,6-14H2,1-3H3/t16-,17-/m1/s1. The Morgan fingerprint density at radius 3 is 2.36 bits per heavy atom. The molecule has 0 aromatic heterocycles. The lowest BCUT2D eigenvalue weighted by atomic mass is 9.79. The van der Waals surface area contributed by atoms with Gasteiger partial charge in [-0.15, -0.1) is 0 Å². The van der Waals surface area contributed by atoms with E-state index in [9.17, 15) is 0 Å². The average molecular weight is 306 g/mol. The SMILES string of the molecule is CC(C)N1CC[C@H]2CC=C(OC3CCN(C)CC3)C[C@H]2CC1. The van der Waals surface area contributed by atoms with Gasteiger partial charge >= 0.3 is 0 Å². The minimum absolute atomic E-state index is 0.469. The first-order valence-corrected chi connectivity index (χ1v) is 9.40. The van der Waals surface area contributed by atoms with E-state index in [4.69, 9.17) is 4.74 Å². The van der Waals surface area contributed by atoms with Gasteiger partial charge in [0.2, 0.25) is 0 Å². The number of allylic oxidation sites excluding steroid dienone is 2. The van der Waals surface area contributed by atoms with Crippen LogP contribution in [0.2, 0.25) is 0 Å². The van der Waals surface area contributed by atoms with Gasteiger partial charge in [-0.25, -0.2) is 0 Å². The van der Waals surface area contributed by atoms with Gasteiger partial charge in [0.15, 0.2) is 0 Å². The van der Waals surface area contributed by atoms with Gasteiger partial charge in [0.25, 0.3) is 0 Å². The Balaban J connectivity index is 1.52. The Morgan fingerprint density at radius 2 is 1.68 bits per heavy atom. The van der Waals surface area contributed by atoms with Crippen LogP contribution in [0.5, 0.6) is 0 Å². The lowest BCUT2D eigenvalue weighted by Crippen LogP contribution is -2.34. The maximum Gasteiger partial charge on any atom is 0.101 e. The van der Waals surface area contributed by atoms with Crippen LogP contribution < -0.4 is 0 Å². The van der Waals surface area contributed by atoms with Crippen molar-refractivity contribution >= 4 is 0 Å². The van der Waals surface area contributed by atoms with E-state index in [0.717, 1.165) is 11.8 Å². The molecule has 2 heterocycles. The van der Waals surface area contributed by atoms with Gasteiger partial charge in [-0.3, -0.25) is 0 Å². The van der Waals surface area contributed by atoms with E-state index < -0.39 is 0 Å². The summed E-state index contributed by atoms with van der Waals surface area (Å²) >= 11 is 0. The average Bonchev–Trinajstić information content (AvgIpc) is 2.72. The quantitative estimate of drug-likeness (QED) is 0.793. The van der Waals surface area contributed by atoms with E-state index in [0.29, 0.717) is 12.1 Å². The molecule has 3 heteroatoms. The first kappa shape index (κ1) is 16.3. The van der Waals surface area contributed by atoms with Crippen LogP contribution in [0.3, 0.4) is 0 Å². The summed E-state index contributed by atoms with van der Waals surface area (Å²) in [5.41, 5.74) is 0. The van der Waals surface area contributed by atoms with Crippen LogP contribution in [0, 0.1) is 11.8 Å². The summed E-state index contributed by atoms with van der Waals surface area (Å²) < 4.78 is 6.37. The minimum Gasteiger partial charge on any atom is -0.495 e. The van der Waals surface area contributed by atoms with Crippen molar-refractivity contribution in [2.24, 2.45) is 11.8 Å². The number of likely N-dealkylation sites (tertiary alicyclic amines) is 2. The highest BCUT2D eigenvalue weighted by Crippen LogP contribution is 2.37. The molecule has 0 unspecified atom stereocenters. The van der Waals surface area contributed by atoms with Gasteiger partial charge in [0.1, 0.15) is 6.10 Å². The molecule has 0 aromatic rings. The Hall–Kier alpha value is -0.540. The topological polar surface area (TPSA) is 15.7 Å². The number of hydrogen-bond donors (Lipinski definition) is 0. The lowest BCUT2D eigenvalue weighted by Gasteiger charge is -2.34. The third-order valence-corrected chi connectivity index (χ3v) is 6.07. The summed E-state index contributed by atoms with van der Waals surface area (Å²) in [5, 5.41) is 0. The van der Waals surface area contributed by atoms with Crippen LogP contribution in [-0.4, -0.2) is 55.2 Å². The van der Waals surface area contributed by atoms with Gasteiger partial charge in [0, 0.05) is 25.6 Å². The van der Waals surface area contributed by atoms with E-state index >= 15 is 0 Å². The Bertz CT molecular complexity index is 385. The molecule has 1 aliphatic carbocycles. The maximum absolute atomic E-state index is 6.37. The third-order valence-electron chi connectivity index (χ3n) is 6.07. The largest absolute Gasteiger partial charge is 0.495 e. The zero-order valence-corrected chi connectivity index (χ0v) is 14.8. The fraction of sp³-hybridized carbons (Fsp3) is 0.895. The lowest BCUT2D eigenvalue weighted by molar-refractivity contribution is 0.0431. The molecule has 22 heavy (non-hydrogen) atoms. The van der Waals surface area contributed by atoms with Gasteiger partial charge in [-0.1, -0.05) is 0 Å². The van der Waals surface area contributed by atoms with E-state index in [1.807, 2.05) is 0 Å². The molecule has 0 saturated carbocycles. The number of ether oxygens (including phenoxy) is 1. The van der Waals surface area contributed by atoms with E-state index in [-0.39, 0.29) is 0 Å². The molecule has 126 valence electrons. The predicted molar refractivity (Wildman–Crippen MR) is 91.8 cm³/mol. The van der Waals surface area contributed by atoms with Crippen molar-refractivity contribution < 1.29 is 4.74 Å². The Labute approximate surface area is 136 Å². The van der Waals surface area contributed by atoms with Crippen LogP contribution in [0.25, 0.3) is 0 Å². The molecule has 2 atom stereocenters. The van der Waals surface area contributed by atoms with Crippen LogP contribution in [0.1, 0.15) is 52.4 Å². The molecule has 2 fully saturated rings. The minimum atomic E-state index is 0.469. The molecular weight excluding hydrogens is 272 g/mol. The highest BCUT2D eigenvalue weighted by atomic mass is 16.5. The summed E-state index contributed by atoms with van der Waals surface area (Å²) in [6.45, 7) is 9.61. The smallest absolute Gasteiger partial charge is 0.101 e. The first-order chi connectivity index (χ1) is 10.6. The second kappa shape index (κ2) is 7.35. The molecule has 2 aliphatic heterocycles. The van der Waals surface area contributed by atoms with Crippen molar-refractivity contribution in [3.05, 3.63) is 11.8 Å². The number of rotatable bonds is 3. The summed E-state index contributed by atoms with van der Waals surface area (Å²) in [4.78, 5) is 5.08. The zero-order chi connectivity index (χ0) is 15.5. The molecule has 2 saturated heterocycles. The summed E-state index contributed by atoms with van der Waals surface area (Å²) in [7, 11) is 2.21. The van der Waals surface area contributed by atoms with Crippen LogP contribution in [0.15, 0.2) is 11.8 Å². The molecule has 3 aliphatic rings. The second-order valence-corrected chi connectivity index (χ2v) is 7.96. The third kappa shape index (κ3) is 4.05. The number of hydrogen-bond acceptors (Lipinski definition) is 3. The van der Waals surface area contributed by atoms with Gasteiger partial charge in [-0.05, 0) is 84.0 Å². The first-order valence-electron chi connectivity index (χ1n) is 9.40. The van der Waals surface area contributed by atoms with Crippen LogP contribution in [-0.2, 0) is 4.74 Å². The number of nitrogens with zero attached hydrogens (tertiary/aromatic N) is 2. The molecule has 3 rings (SSSR count). The van der Waals surface area contributed by atoms with E-state index in [1.165, 1.54) is 70.5 Å². The molecule has 3 nitrogen and oxygen atoms in total. The van der Waals surface area contributed by atoms with Crippen molar-refractivity contribution in [3.8, 4) is 0 Å². The van der Waals surface area contributed by atoms with Crippen molar-refractivity contribution in [2.75, 3.05) is 33.2 Å². The fourth-order valence-corrected chi connectivity index (χ4v) is 4.38. The highest BCUT2D eigenvalue weighted by molar-refractivity contribution is 5.04.